The van der Waals surface area contributed by atoms with Gasteiger partial charge in [0, 0.05) is 146 Å². The topological polar surface area (TPSA) is 311 Å². The van der Waals surface area contributed by atoms with Crippen LogP contribution in [0.1, 0.15) is 10.4 Å². The summed E-state index contributed by atoms with van der Waals surface area (Å²) in [7, 11) is 0. The van der Waals surface area contributed by atoms with Gasteiger partial charge in [-0.05, 0) is 168 Å². The van der Waals surface area contributed by atoms with E-state index in [0.29, 0.717) is 157 Å². The number of rotatable bonds is 26. The lowest BCUT2D eigenvalue weighted by atomic mass is 10.1. The van der Waals surface area contributed by atoms with Gasteiger partial charge in [0.2, 0.25) is 0 Å². The summed E-state index contributed by atoms with van der Waals surface area (Å²) in [4.78, 5) is 121. The van der Waals surface area contributed by atoms with Crippen molar-refractivity contribution in [3.05, 3.63) is 234 Å². The van der Waals surface area contributed by atoms with E-state index in [2.05, 4.69) is 121 Å². The van der Waals surface area contributed by atoms with E-state index in [1.54, 1.807) is 193 Å². The van der Waals surface area contributed by atoms with Crippen molar-refractivity contribution < 1.29 is 76.1 Å². The van der Waals surface area contributed by atoms with E-state index >= 15 is 0 Å². The van der Waals surface area contributed by atoms with Crippen LogP contribution in [0.4, 0.5) is 0 Å². The maximum absolute atomic E-state index is 11.2. The number of fused-ring (bicyclic) bond motifs is 3. The first kappa shape index (κ1) is 81.9. The molecule has 0 atom stereocenters. The number of carbonyl (C=O) groups excluding carboxylic acids is 6. The Morgan fingerprint density at radius 1 is 0.272 bits per heavy atom. The molecule has 125 heavy (non-hydrogen) atoms. The van der Waals surface area contributed by atoms with Crippen LogP contribution in [0.15, 0.2) is 223 Å². The second kappa shape index (κ2) is 37.3. The summed E-state index contributed by atoms with van der Waals surface area (Å²) in [5.41, 5.74) is 11.1. The van der Waals surface area contributed by atoms with Crippen LogP contribution in [0, 0.1) is 13.8 Å². The average molecular weight is 1820 g/mol. The largest absolute Gasteiger partial charge is 0.485 e. The molecule has 0 bridgehead atoms. The van der Waals surface area contributed by atoms with Crippen molar-refractivity contribution in [3.63, 3.8) is 0 Å². The van der Waals surface area contributed by atoms with Gasteiger partial charge in [-0.2, -0.15) is 0 Å². The van der Waals surface area contributed by atoms with Crippen molar-refractivity contribution in [2.45, 2.75) is 13.8 Å². The van der Waals surface area contributed by atoms with E-state index in [1.165, 1.54) is 58.6 Å². The van der Waals surface area contributed by atoms with Crippen LogP contribution in [0.2, 0.25) is 0 Å². The summed E-state index contributed by atoms with van der Waals surface area (Å²) < 4.78 is 57.4. The number of aryl methyl sites for hydroxylation is 2. The lowest BCUT2D eigenvalue weighted by Crippen LogP contribution is -2.14. The molecule has 0 spiro atoms. The van der Waals surface area contributed by atoms with Crippen molar-refractivity contribution in [2.75, 3.05) is 26.4 Å². The normalized spacial score (nSPS) is 11.8. The molecule has 0 amide bonds. The number of carbonyl (C=O) groups is 6. The van der Waals surface area contributed by atoms with Crippen molar-refractivity contribution in [1.29, 1.82) is 0 Å². The standard InChI is InChI=1S/2C32H21N3O6S3.C27H15N3O4S3/c1-18-22(6-11-42-18)31-29-30(39-10-9-38-29)32(44-31)28-3-2-27(43-28)19-4-7-33-23(12-19)25-14-21(41-17-37)15-26(35-25)24-13-20(40-16-36)5-8-34-24;1-18-6-11-42-30(18)32-29-28(38-9-10-39-29)31(44-32)27-3-2-26(43-27)19-4-7-33-22(12-19)24-14-21(41-17-37)15-25(35-24)23-13-20(40-16-36)5-8-34-23;31-14-33-17-4-7-29-20(10-17)22-12-18(34-15-32)11-21(30-22)19-9-16(3-6-28-19)23-1-2-24(36-23)27-13-26-25(37-27)5-8-35-26/h2*2-8,11-17H,9-10H2,1H3;1-15H. The van der Waals surface area contributed by atoms with Crippen LogP contribution in [0.5, 0.6) is 57.5 Å². The van der Waals surface area contributed by atoms with Crippen LogP contribution in [0.3, 0.4) is 0 Å². The summed E-state index contributed by atoms with van der Waals surface area (Å²) in [5.74, 6) is 5.02. The highest BCUT2D eigenvalue weighted by Crippen LogP contribution is 2.58. The first-order valence-corrected chi connectivity index (χ1v) is 45.1. The summed E-state index contributed by atoms with van der Waals surface area (Å²) in [5, 5.41) is 6.31. The van der Waals surface area contributed by atoms with E-state index in [4.69, 9.17) is 62.3 Å². The van der Waals surface area contributed by atoms with E-state index in [0.717, 1.165) is 83.6 Å². The van der Waals surface area contributed by atoms with Crippen LogP contribution in [0.25, 0.3) is 159 Å². The monoisotopic (exact) mass is 1820 g/mol. The third kappa shape index (κ3) is 18.0. The van der Waals surface area contributed by atoms with E-state index < -0.39 is 0 Å². The molecule has 2 aliphatic rings. The second-order valence-electron chi connectivity index (χ2n) is 26.7. The van der Waals surface area contributed by atoms with E-state index in [-0.39, 0.29) is 11.5 Å². The van der Waals surface area contributed by atoms with Gasteiger partial charge >= 0.3 is 0 Å². The Hall–Kier alpha value is -14.1. The Labute approximate surface area is 745 Å². The first-order valence-electron chi connectivity index (χ1n) is 37.6. The van der Waals surface area contributed by atoms with Crippen molar-refractivity contribution in [1.82, 2.24) is 44.9 Å². The molecule has 20 heterocycles. The lowest BCUT2D eigenvalue weighted by molar-refractivity contribution is -0.121. The van der Waals surface area contributed by atoms with Gasteiger partial charge in [-0.15, -0.1) is 102 Å². The molecular weight excluding hydrogens is 1760 g/mol. The summed E-state index contributed by atoms with van der Waals surface area (Å²) in [6, 6.07) is 52.0. The Balaban J connectivity index is 0.000000128. The molecule has 0 fully saturated rings. The number of hydrogen-bond donors (Lipinski definition) is 0. The highest BCUT2D eigenvalue weighted by Gasteiger charge is 2.31. The Morgan fingerprint density at radius 3 is 0.992 bits per heavy atom. The molecule has 616 valence electrons. The molecule has 0 saturated heterocycles. The molecule has 2 aliphatic heterocycles. The Kier molecular flexibility index (Phi) is 24.5. The molecular formula is C91H57N9O16S9. The number of nitrogens with zero attached hydrogens (tertiary/aromatic N) is 9. The maximum atomic E-state index is 11.2. The van der Waals surface area contributed by atoms with Gasteiger partial charge in [0.05, 0.1) is 92.7 Å². The van der Waals surface area contributed by atoms with E-state index in [1.807, 2.05) is 36.4 Å². The van der Waals surface area contributed by atoms with Crippen LogP contribution < -0.4 is 47.4 Å². The molecule has 0 N–H and O–H groups in total. The Bertz CT molecular complexity index is 6780. The van der Waals surface area contributed by atoms with Crippen molar-refractivity contribution in [3.8, 4) is 207 Å². The van der Waals surface area contributed by atoms with E-state index in [9.17, 15) is 28.8 Å². The zero-order valence-electron chi connectivity index (χ0n) is 64.9. The highest BCUT2D eigenvalue weighted by molar-refractivity contribution is 7.31. The molecule has 0 aromatic carbocycles. The van der Waals surface area contributed by atoms with Gasteiger partial charge in [-0.3, -0.25) is 58.7 Å². The second-order valence-corrected chi connectivity index (χ2v) is 36.1. The molecule has 0 aliphatic carbocycles. The van der Waals surface area contributed by atoms with Gasteiger partial charge < -0.3 is 47.4 Å². The number of hydrogen-bond acceptors (Lipinski definition) is 34. The van der Waals surface area contributed by atoms with Gasteiger partial charge in [0.15, 0.2) is 23.0 Å². The SMILES string of the molecule is Cc1ccsc1-c1sc(-c2ccc(-c3ccnc(-c4cc(OC=O)cc(-c5cc(OC=O)ccn5)n4)c3)s2)c2c1OCCO2.Cc1sccc1-c1sc(-c2ccc(-c3ccnc(-c4cc(OC=O)cc(-c5cc(OC=O)ccn5)n4)c3)s2)c2c1OCCO2.O=COc1ccnc(-c2cc(OC=O)cc(-c3cc(-c4ccc(-c5cc6sccc6s5)s4)ccn3)n2)c1. The number of ether oxygens (including phenoxy) is 10. The number of pyridine rings is 9. The molecule has 25 nitrogen and oxygen atoms in total. The quantitative estimate of drug-likeness (QED) is 0.0455. The van der Waals surface area contributed by atoms with Crippen LogP contribution >= 0.6 is 102 Å². The molecule has 18 aromatic rings. The van der Waals surface area contributed by atoms with Crippen molar-refractivity contribution in [2.24, 2.45) is 0 Å². The fraction of sp³-hybridized carbons (Fsp3) is 0.0659. The van der Waals surface area contributed by atoms with Gasteiger partial charge in [0.1, 0.15) is 60.9 Å². The van der Waals surface area contributed by atoms with Gasteiger partial charge in [-0.25, -0.2) is 15.0 Å². The summed E-state index contributed by atoms with van der Waals surface area (Å²) >= 11 is 15.4. The first-order chi connectivity index (χ1) is 61.4. The lowest BCUT2D eigenvalue weighted by Gasteiger charge is -2.17. The highest BCUT2D eigenvalue weighted by atomic mass is 32.1. The smallest absolute Gasteiger partial charge is 0.298 e. The fourth-order valence-electron chi connectivity index (χ4n) is 13.4. The van der Waals surface area contributed by atoms with Crippen molar-refractivity contribution >= 4 is 150 Å². The minimum Gasteiger partial charge on any atom is -0.485 e. The number of aromatic nitrogens is 9. The fourth-order valence-corrected chi connectivity index (χ4v) is 23.2. The predicted octanol–water partition coefficient (Wildman–Crippen LogP) is 22.0. The van der Waals surface area contributed by atoms with Gasteiger partial charge in [0.25, 0.3) is 38.8 Å². The molecule has 18 aromatic heterocycles. The Morgan fingerprint density at radius 2 is 0.608 bits per heavy atom. The molecule has 20 rings (SSSR count). The van der Waals surface area contributed by atoms with Crippen LogP contribution in [-0.4, -0.2) is 110 Å². The molecule has 34 heteroatoms. The molecule has 0 saturated carbocycles. The number of thiophene rings is 9. The zero-order valence-corrected chi connectivity index (χ0v) is 72.2. The molecule has 0 unspecified atom stereocenters. The van der Waals surface area contributed by atoms with Gasteiger partial charge in [-0.1, -0.05) is 0 Å². The zero-order chi connectivity index (χ0) is 85.3. The third-order valence-electron chi connectivity index (χ3n) is 19.0. The minimum absolute atomic E-state index is 0.274. The van der Waals surface area contributed by atoms with Crippen LogP contribution in [-0.2, 0) is 28.8 Å². The third-order valence-corrected chi connectivity index (χ3v) is 29.4. The summed E-state index contributed by atoms with van der Waals surface area (Å²) in [6.07, 6.45) is 9.68. The average Bonchev–Trinajstić information content (AvgIpc) is 1.62. The predicted molar refractivity (Wildman–Crippen MR) is 486 cm³/mol. The minimum atomic E-state index is 0.274. The summed E-state index contributed by atoms with van der Waals surface area (Å²) in [6.45, 7) is 8.38. The molecule has 0 radical (unpaired) electrons. The maximum Gasteiger partial charge on any atom is 0.298 e.